The van der Waals surface area contributed by atoms with Gasteiger partial charge in [-0.3, -0.25) is 0 Å². The lowest BCUT2D eigenvalue weighted by atomic mass is 10.1. The lowest BCUT2D eigenvalue weighted by molar-refractivity contribution is 0.105. The summed E-state index contributed by atoms with van der Waals surface area (Å²) in [5, 5.41) is 12.6. The van der Waals surface area contributed by atoms with Gasteiger partial charge in [-0.15, -0.1) is 0 Å². The van der Waals surface area contributed by atoms with Crippen molar-refractivity contribution in [2.45, 2.75) is 25.0 Å². The normalized spacial score (nSPS) is 17.6. The fraction of sp³-hybridized carbons (Fsp3) is 0.368. The first kappa shape index (κ1) is 20.1. The van der Waals surface area contributed by atoms with Gasteiger partial charge in [0.2, 0.25) is 10.0 Å². The molecule has 0 amide bonds. The summed E-state index contributed by atoms with van der Waals surface area (Å²) in [5.41, 5.74) is 0.456. The van der Waals surface area contributed by atoms with Crippen molar-refractivity contribution < 1.29 is 22.7 Å². The van der Waals surface area contributed by atoms with Crippen LogP contribution in [0.2, 0.25) is 5.02 Å². The van der Waals surface area contributed by atoms with Gasteiger partial charge >= 0.3 is 0 Å². The van der Waals surface area contributed by atoms with Gasteiger partial charge in [0.1, 0.15) is 12.2 Å². The SMILES string of the molecule is [O][C@@H](CS(=O)(=O)N1CCC(Oc2ccc(Cl)cc2F)CC1)c1ccccc1. The van der Waals surface area contributed by atoms with Crippen LogP contribution in [0.4, 0.5) is 4.39 Å². The van der Waals surface area contributed by atoms with Gasteiger partial charge in [0.05, 0.1) is 5.75 Å². The molecule has 1 saturated heterocycles. The largest absolute Gasteiger partial charge is 0.487 e. The first-order valence-electron chi connectivity index (χ1n) is 8.65. The Morgan fingerprint density at radius 1 is 1.15 bits per heavy atom. The molecule has 1 aliphatic rings. The molecule has 0 saturated carbocycles. The number of benzene rings is 2. The topological polar surface area (TPSA) is 66.5 Å². The number of nitrogens with zero attached hydrogens (tertiary/aromatic N) is 1. The first-order valence-corrected chi connectivity index (χ1v) is 10.6. The number of ether oxygens (including phenoxy) is 1. The average Bonchev–Trinajstić information content (AvgIpc) is 2.65. The Morgan fingerprint density at radius 2 is 1.81 bits per heavy atom. The van der Waals surface area contributed by atoms with Crippen LogP contribution in [-0.4, -0.2) is 37.7 Å². The quantitative estimate of drug-likeness (QED) is 0.724. The first-order chi connectivity index (χ1) is 12.8. The zero-order valence-corrected chi connectivity index (χ0v) is 16.1. The van der Waals surface area contributed by atoms with Crippen LogP contribution in [0.5, 0.6) is 5.75 Å². The van der Waals surface area contributed by atoms with E-state index in [1.54, 1.807) is 30.3 Å². The van der Waals surface area contributed by atoms with Crippen molar-refractivity contribution in [3.8, 4) is 5.75 Å². The second-order valence-electron chi connectivity index (χ2n) is 6.47. The van der Waals surface area contributed by atoms with Crippen LogP contribution in [0.25, 0.3) is 0 Å². The summed E-state index contributed by atoms with van der Waals surface area (Å²) in [7, 11) is -3.67. The maximum atomic E-state index is 13.8. The summed E-state index contributed by atoms with van der Waals surface area (Å²) in [4.78, 5) is 0. The molecule has 2 aromatic rings. The molecule has 5 nitrogen and oxygen atoms in total. The van der Waals surface area contributed by atoms with E-state index in [0.29, 0.717) is 18.4 Å². The molecule has 0 spiro atoms. The summed E-state index contributed by atoms with van der Waals surface area (Å²) < 4.78 is 45.9. The Balaban J connectivity index is 1.56. The smallest absolute Gasteiger partial charge is 0.217 e. The molecule has 1 heterocycles. The van der Waals surface area contributed by atoms with E-state index in [9.17, 15) is 17.9 Å². The van der Waals surface area contributed by atoms with E-state index in [1.807, 2.05) is 0 Å². The maximum absolute atomic E-state index is 13.8. The Hall–Kier alpha value is -1.67. The van der Waals surface area contributed by atoms with Crippen LogP contribution in [-0.2, 0) is 15.1 Å². The number of sulfonamides is 1. The van der Waals surface area contributed by atoms with Crippen molar-refractivity contribution in [1.29, 1.82) is 0 Å². The molecule has 0 aromatic heterocycles. The van der Waals surface area contributed by atoms with Gasteiger partial charge in [0, 0.05) is 18.1 Å². The summed E-state index contributed by atoms with van der Waals surface area (Å²) >= 11 is 5.72. The van der Waals surface area contributed by atoms with E-state index in [2.05, 4.69) is 0 Å². The van der Waals surface area contributed by atoms with Crippen LogP contribution in [0.3, 0.4) is 0 Å². The lowest BCUT2D eigenvalue weighted by Crippen LogP contribution is -2.43. The highest BCUT2D eigenvalue weighted by atomic mass is 35.5. The average molecular weight is 413 g/mol. The fourth-order valence-corrected chi connectivity index (χ4v) is 4.75. The van der Waals surface area contributed by atoms with E-state index in [1.165, 1.54) is 22.5 Å². The molecule has 145 valence electrons. The molecule has 27 heavy (non-hydrogen) atoms. The van der Waals surface area contributed by atoms with E-state index in [4.69, 9.17) is 16.3 Å². The van der Waals surface area contributed by atoms with Crippen LogP contribution in [0.1, 0.15) is 24.5 Å². The number of halogens is 2. The maximum Gasteiger partial charge on any atom is 0.217 e. The van der Waals surface area contributed by atoms with E-state index >= 15 is 0 Å². The molecule has 8 heteroatoms. The molecular formula is C19H20ClFNO4S. The fourth-order valence-electron chi connectivity index (χ4n) is 3.04. The molecule has 0 unspecified atom stereocenters. The van der Waals surface area contributed by atoms with Crippen molar-refractivity contribution in [2.75, 3.05) is 18.8 Å². The number of hydrogen-bond donors (Lipinski definition) is 0. The van der Waals surface area contributed by atoms with Gasteiger partial charge in [-0.25, -0.2) is 22.2 Å². The number of piperidine rings is 1. The second kappa shape index (κ2) is 8.56. The highest BCUT2D eigenvalue weighted by Gasteiger charge is 2.31. The van der Waals surface area contributed by atoms with Gasteiger partial charge in [-0.05, 0) is 36.6 Å². The molecule has 0 N–H and O–H groups in total. The summed E-state index contributed by atoms with van der Waals surface area (Å²) in [6.45, 7) is 0.480. The summed E-state index contributed by atoms with van der Waals surface area (Å²) in [6, 6.07) is 12.6. The summed E-state index contributed by atoms with van der Waals surface area (Å²) in [5.74, 6) is -0.923. The molecule has 1 fully saturated rings. The van der Waals surface area contributed by atoms with Gasteiger partial charge in [0.25, 0.3) is 0 Å². The molecule has 1 radical (unpaired) electrons. The predicted octanol–water partition coefficient (Wildman–Crippen LogP) is 3.82. The minimum atomic E-state index is -3.67. The highest BCUT2D eigenvalue weighted by Crippen LogP contribution is 2.26. The standard InChI is InChI=1S/C19H20ClFNO4S/c20-15-6-7-19(17(21)12-15)26-16-8-10-22(11-9-16)27(24,25)13-18(23)14-4-2-1-3-5-14/h1-7,12,16,18H,8-11,13H2/t18-/m0/s1. The van der Waals surface area contributed by atoms with Crippen LogP contribution in [0, 0.1) is 5.82 Å². The molecule has 1 aliphatic heterocycles. The van der Waals surface area contributed by atoms with Crippen molar-refractivity contribution in [3.63, 3.8) is 0 Å². The van der Waals surface area contributed by atoms with Crippen LogP contribution >= 0.6 is 11.6 Å². The van der Waals surface area contributed by atoms with Gasteiger partial charge in [-0.2, -0.15) is 0 Å². The third kappa shape index (κ3) is 5.19. The van der Waals surface area contributed by atoms with Crippen molar-refractivity contribution in [1.82, 2.24) is 4.31 Å². The predicted molar refractivity (Wildman–Crippen MR) is 100 cm³/mol. The third-order valence-electron chi connectivity index (χ3n) is 4.52. The van der Waals surface area contributed by atoms with Crippen molar-refractivity contribution in [2.24, 2.45) is 0 Å². The third-order valence-corrected chi connectivity index (χ3v) is 6.63. The van der Waals surface area contributed by atoms with E-state index in [0.717, 1.165) is 0 Å². The number of rotatable bonds is 6. The second-order valence-corrected chi connectivity index (χ2v) is 8.92. The van der Waals surface area contributed by atoms with Gasteiger partial charge in [-0.1, -0.05) is 41.9 Å². The Morgan fingerprint density at radius 3 is 2.44 bits per heavy atom. The van der Waals surface area contributed by atoms with Gasteiger partial charge in [0.15, 0.2) is 11.6 Å². The molecule has 0 bridgehead atoms. The molecule has 1 atom stereocenters. The Labute approximate surface area is 163 Å². The highest BCUT2D eigenvalue weighted by molar-refractivity contribution is 7.89. The van der Waals surface area contributed by atoms with E-state index < -0.39 is 27.7 Å². The zero-order chi connectivity index (χ0) is 19.4. The van der Waals surface area contributed by atoms with Crippen molar-refractivity contribution in [3.05, 3.63) is 64.9 Å². The summed E-state index contributed by atoms with van der Waals surface area (Å²) in [6.07, 6.45) is -0.760. The molecule has 2 aromatic carbocycles. The monoisotopic (exact) mass is 412 g/mol. The van der Waals surface area contributed by atoms with Crippen LogP contribution < -0.4 is 4.74 Å². The van der Waals surface area contributed by atoms with Crippen LogP contribution in [0.15, 0.2) is 48.5 Å². The molecular weight excluding hydrogens is 393 g/mol. The Kier molecular flexibility index (Phi) is 6.37. The van der Waals surface area contributed by atoms with Crippen molar-refractivity contribution >= 4 is 21.6 Å². The minimum absolute atomic E-state index is 0.101. The molecule has 3 rings (SSSR count). The Bertz CT molecular complexity index is 871. The molecule has 0 aliphatic carbocycles. The zero-order valence-electron chi connectivity index (χ0n) is 14.6. The van der Waals surface area contributed by atoms with Gasteiger partial charge < -0.3 is 4.74 Å². The van der Waals surface area contributed by atoms with E-state index in [-0.39, 0.29) is 30.0 Å². The minimum Gasteiger partial charge on any atom is -0.487 e. The number of hydrogen-bond acceptors (Lipinski definition) is 3. The lowest BCUT2D eigenvalue weighted by Gasteiger charge is -2.31.